The number of nitrogen functional groups attached to an aromatic ring is 1. The second-order valence-corrected chi connectivity index (χ2v) is 3.16. The molecule has 0 bridgehead atoms. The Bertz CT molecular complexity index is 344. The Morgan fingerprint density at radius 1 is 1.64 bits per heavy atom. The number of unbranched alkanes of at least 4 members (excludes halogenated alkanes) is 1. The minimum atomic E-state index is 0.326. The predicted molar refractivity (Wildman–Crippen MR) is 60.2 cm³/mol. The summed E-state index contributed by atoms with van der Waals surface area (Å²) in [6.07, 6.45) is 8.41. The van der Waals surface area contributed by atoms with Crippen molar-refractivity contribution in [3.63, 3.8) is 0 Å². The third kappa shape index (κ3) is 2.82. The van der Waals surface area contributed by atoms with Gasteiger partial charge in [-0.15, -0.1) is 12.3 Å². The zero-order valence-electron chi connectivity index (χ0n) is 7.76. The Morgan fingerprint density at radius 3 is 3.14 bits per heavy atom. The molecule has 0 aliphatic rings. The van der Waals surface area contributed by atoms with Gasteiger partial charge in [0.2, 0.25) is 0 Å². The lowest BCUT2D eigenvalue weighted by atomic mass is 10.3. The Kier molecular flexibility index (Phi) is 4.09. The van der Waals surface area contributed by atoms with Gasteiger partial charge in [0.1, 0.15) is 0 Å². The van der Waals surface area contributed by atoms with Crippen LogP contribution < -0.4 is 11.1 Å². The minimum absolute atomic E-state index is 0.326. The molecular formula is C10H12ClN3. The van der Waals surface area contributed by atoms with Gasteiger partial charge in [-0.1, -0.05) is 11.6 Å². The average molecular weight is 210 g/mol. The predicted octanol–water partition coefficient (Wildman–Crippen LogP) is 2.14. The van der Waals surface area contributed by atoms with E-state index >= 15 is 0 Å². The number of nitrogens with one attached hydrogen (secondary N) is 1. The Hall–Kier alpha value is -1.40. The van der Waals surface area contributed by atoms with Crippen LogP contribution >= 0.6 is 11.6 Å². The van der Waals surface area contributed by atoms with Gasteiger partial charge in [-0.05, 0) is 12.5 Å². The molecule has 14 heavy (non-hydrogen) atoms. The third-order valence-electron chi connectivity index (χ3n) is 1.75. The van der Waals surface area contributed by atoms with Gasteiger partial charge >= 0.3 is 0 Å². The van der Waals surface area contributed by atoms with Crippen LogP contribution in [0.4, 0.5) is 11.4 Å². The van der Waals surface area contributed by atoms with Crippen molar-refractivity contribution in [2.45, 2.75) is 12.8 Å². The highest BCUT2D eigenvalue weighted by Gasteiger charge is 2.02. The summed E-state index contributed by atoms with van der Waals surface area (Å²) in [5, 5.41) is 3.47. The number of pyridine rings is 1. The number of nitrogens with zero attached hydrogens (tertiary/aromatic N) is 1. The minimum Gasteiger partial charge on any atom is -0.395 e. The van der Waals surface area contributed by atoms with Gasteiger partial charge in [0.25, 0.3) is 0 Å². The molecule has 74 valence electrons. The van der Waals surface area contributed by atoms with Crippen LogP contribution in [0.2, 0.25) is 5.15 Å². The second kappa shape index (κ2) is 5.36. The quantitative estimate of drug-likeness (QED) is 0.454. The first-order valence-corrected chi connectivity index (χ1v) is 4.71. The van der Waals surface area contributed by atoms with Gasteiger partial charge in [0, 0.05) is 19.2 Å². The van der Waals surface area contributed by atoms with E-state index in [0.29, 0.717) is 10.8 Å². The molecule has 1 heterocycles. The van der Waals surface area contributed by atoms with Gasteiger partial charge in [0.05, 0.1) is 11.4 Å². The maximum atomic E-state index is 5.75. The highest BCUT2D eigenvalue weighted by Crippen LogP contribution is 2.24. The molecule has 0 spiro atoms. The number of nitrogens with two attached hydrogens (primary N) is 1. The number of rotatable bonds is 4. The van der Waals surface area contributed by atoms with Crippen LogP contribution in [0.3, 0.4) is 0 Å². The molecule has 0 aliphatic carbocycles. The monoisotopic (exact) mass is 209 g/mol. The zero-order chi connectivity index (χ0) is 10.4. The molecule has 3 nitrogen and oxygen atoms in total. The van der Waals surface area contributed by atoms with Crippen molar-refractivity contribution in [2.75, 3.05) is 17.6 Å². The van der Waals surface area contributed by atoms with Gasteiger partial charge in [-0.3, -0.25) is 0 Å². The molecule has 0 atom stereocenters. The number of aromatic nitrogens is 1. The summed E-state index contributed by atoms with van der Waals surface area (Å²) in [6.45, 7) is 0.786. The first-order valence-electron chi connectivity index (χ1n) is 4.33. The summed E-state index contributed by atoms with van der Waals surface area (Å²) in [7, 11) is 0. The molecule has 0 aliphatic heterocycles. The first kappa shape index (κ1) is 10.7. The molecule has 1 aromatic rings. The summed E-state index contributed by atoms with van der Waals surface area (Å²) in [6, 6.07) is 1.79. The van der Waals surface area contributed by atoms with Gasteiger partial charge in [-0.25, -0.2) is 4.98 Å². The van der Waals surface area contributed by atoms with Crippen molar-refractivity contribution in [2.24, 2.45) is 0 Å². The second-order valence-electron chi connectivity index (χ2n) is 2.80. The van der Waals surface area contributed by atoms with E-state index in [9.17, 15) is 0 Å². The molecule has 1 rings (SSSR count). The fourth-order valence-corrected chi connectivity index (χ4v) is 1.17. The van der Waals surface area contributed by atoms with Crippen molar-refractivity contribution < 1.29 is 0 Å². The molecular weight excluding hydrogens is 198 g/mol. The number of hydrogen-bond donors (Lipinski definition) is 2. The van der Waals surface area contributed by atoms with E-state index in [1.54, 1.807) is 12.3 Å². The van der Waals surface area contributed by atoms with E-state index in [4.69, 9.17) is 23.8 Å². The first-order chi connectivity index (χ1) is 6.75. The maximum absolute atomic E-state index is 5.75. The molecule has 4 heteroatoms. The van der Waals surface area contributed by atoms with Crippen LogP contribution in [0.5, 0.6) is 0 Å². The normalized spacial score (nSPS) is 9.43. The lowest BCUT2D eigenvalue weighted by Crippen LogP contribution is -2.04. The molecule has 3 N–H and O–H groups in total. The molecule has 0 saturated carbocycles. The maximum Gasteiger partial charge on any atom is 0.153 e. The molecule has 0 unspecified atom stereocenters. The molecule has 0 amide bonds. The van der Waals surface area contributed by atoms with Crippen molar-refractivity contribution >= 4 is 23.0 Å². The third-order valence-corrected chi connectivity index (χ3v) is 2.06. The van der Waals surface area contributed by atoms with Gasteiger partial charge in [0.15, 0.2) is 5.15 Å². The highest BCUT2D eigenvalue weighted by molar-refractivity contribution is 6.32. The lowest BCUT2D eigenvalue weighted by molar-refractivity contribution is 0.907. The standard InChI is InChI=1S/C10H12ClN3/c1-2-3-4-6-13-8-5-7-14-10(11)9(8)12/h1,5,7H,3-4,6,12H2,(H,13,14). The number of halogens is 1. The smallest absolute Gasteiger partial charge is 0.153 e. The van der Waals surface area contributed by atoms with Crippen LogP contribution in [0.1, 0.15) is 12.8 Å². The summed E-state index contributed by atoms with van der Waals surface area (Å²) >= 11 is 5.75. The van der Waals surface area contributed by atoms with Crippen LogP contribution in [0, 0.1) is 12.3 Å². The van der Waals surface area contributed by atoms with E-state index in [1.807, 2.05) is 0 Å². The highest BCUT2D eigenvalue weighted by atomic mass is 35.5. The van der Waals surface area contributed by atoms with E-state index in [2.05, 4.69) is 16.2 Å². The molecule has 0 aromatic carbocycles. The number of anilines is 2. The van der Waals surface area contributed by atoms with E-state index in [-0.39, 0.29) is 0 Å². The topological polar surface area (TPSA) is 50.9 Å². The van der Waals surface area contributed by atoms with Crippen LogP contribution in [-0.2, 0) is 0 Å². The number of hydrogen-bond acceptors (Lipinski definition) is 3. The van der Waals surface area contributed by atoms with E-state index in [0.717, 1.165) is 25.1 Å². The summed E-state index contributed by atoms with van der Waals surface area (Å²) in [5.74, 6) is 2.57. The Balaban J connectivity index is 2.51. The fourth-order valence-electron chi connectivity index (χ4n) is 1.02. The molecule has 0 saturated heterocycles. The van der Waals surface area contributed by atoms with E-state index in [1.165, 1.54) is 0 Å². The van der Waals surface area contributed by atoms with Crippen LogP contribution in [0.25, 0.3) is 0 Å². The summed E-state index contributed by atoms with van der Waals surface area (Å²) in [4.78, 5) is 3.85. The Labute approximate surface area is 88.7 Å². The lowest BCUT2D eigenvalue weighted by Gasteiger charge is -2.08. The van der Waals surface area contributed by atoms with Crippen molar-refractivity contribution in [3.8, 4) is 12.3 Å². The van der Waals surface area contributed by atoms with Crippen molar-refractivity contribution in [1.82, 2.24) is 4.98 Å². The van der Waals surface area contributed by atoms with Gasteiger partial charge in [-0.2, -0.15) is 0 Å². The van der Waals surface area contributed by atoms with Gasteiger partial charge < -0.3 is 11.1 Å². The largest absolute Gasteiger partial charge is 0.395 e. The zero-order valence-corrected chi connectivity index (χ0v) is 8.51. The summed E-state index contributed by atoms with van der Waals surface area (Å²) < 4.78 is 0. The van der Waals surface area contributed by atoms with Crippen LogP contribution in [-0.4, -0.2) is 11.5 Å². The average Bonchev–Trinajstić information content (AvgIpc) is 2.19. The van der Waals surface area contributed by atoms with E-state index < -0.39 is 0 Å². The van der Waals surface area contributed by atoms with Crippen LogP contribution in [0.15, 0.2) is 12.3 Å². The molecule has 0 radical (unpaired) electrons. The van der Waals surface area contributed by atoms with Crippen molar-refractivity contribution in [3.05, 3.63) is 17.4 Å². The Morgan fingerprint density at radius 2 is 2.43 bits per heavy atom. The fraction of sp³-hybridized carbons (Fsp3) is 0.300. The number of terminal acetylenes is 1. The SMILES string of the molecule is C#CCCCNc1ccnc(Cl)c1N. The molecule has 1 aromatic heterocycles. The summed E-state index contributed by atoms with van der Waals surface area (Å²) in [5.41, 5.74) is 6.99. The van der Waals surface area contributed by atoms with Crippen molar-refractivity contribution in [1.29, 1.82) is 0 Å². The molecule has 0 fully saturated rings.